The van der Waals surface area contributed by atoms with Crippen LogP contribution in [-0.4, -0.2) is 14.7 Å². The molecule has 1 heterocycles. The fourth-order valence-electron chi connectivity index (χ4n) is 3.26. The lowest BCUT2D eigenvalue weighted by Gasteiger charge is -2.32. The zero-order chi connectivity index (χ0) is 14.8. The van der Waals surface area contributed by atoms with E-state index in [2.05, 4.69) is 17.2 Å². The Bertz CT molecular complexity index is 638. The second-order valence-corrected chi connectivity index (χ2v) is 5.49. The Hall–Kier alpha value is -2.37. The fraction of sp³-hybridized carbons (Fsp3) is 0.400. The average molecular weight is 286 g/mol. The van der Waals surface area contributed by atoms with Crippen molar-refractivity contribution in [2.75, 3.05) is 5.73 Å². The molecule has 0 spiro atoms. The van der Waals surface area contributed by atoms with Crippen molar-refractivity contribution in [2.45, 2.75) is 37.6 Å². The number of benzene rings is 1. The lowest BCUT2D eigenvalue weighted by molar-refractivity contribution is -0.384. The lowest BCUT2D eigenvalue weighted by Crippen LogP contribution is -2.24. The normalized spacial score (nSPS) is 22.1. The molecule has 0 aliphatic heterocycles. The molecule has 0 amide bonds. The van der Waals surface area contributed by atoms with Crippen molar-refractivity contribution in [3.63, 3.8) is 0 Å². The van der Waals surface area contributed by atoms with Crippen molar-refractivity contribution in [1.29, 1.82) is 0 Å². The Morgan fingerprint density at radius 2 is 1.95 bits per heavy atom. The molecule has 1 aliphatic rings. The average Bonchev–Trinajstić information content (AvgIpc) is 2.90. The molecule has 1 fully saturated rings. The molecule has 6 nitrogen and oxygen atoms in total. The van der Waals surface area contributed by atoms with Crippen LogP contribution in [0.4, 0.5) is 11.5 Å². The van der Waals surface area contributed by atoms with E-state index in [0.29, 0.717) is 5.92 Å². The van der Waals surface area contributed by atoms with Crippen LogP contribution in [0.1, 0.15) is 43.2 Å². The molecule has 21 heavy (non-hydrogen) atoms. The number of anilines is 1. The molecule has 2 N–H and O–H groups in total. The minimum atomic E-state index is -0.473. The van der Waals surface area contributed by atoms with Gasteiger partial charge in [-0.2, -0.15) is 5.10 Å². The lowest BCUT2D eigenvalue weighted by atomic mass is 9.80. The van der Waals surface area contributed by atoms with Gasteiger partial charge in [0.05, 0.1) is 11.0 Å². The van der Waals surface area contributed by atoms with Crippen LogP contribution in [0.2, 0.25) is 0 Å². The van der Waals surface area contributed by atoms with Crippen LogP contribution in [0.3, 0.4) is 0 Å². The largest absolute Gasteiger partial charge is 0.378 e. The summed E-state index contributed by atoms with van der Waals surface area (Å²) in [4.78, 5) is 10.5. The third-order valence-electron chi connectivity index (χ3n) is 4.28. The van der Waals surface area contributed by atoms with Crippen molar-refractivity contribution < 1.29 is 4.92 Å². The molecule has 2 aromatic rings. The molecule has 1 saturated carbocycles. The molecule has 2 unspecified atom stereocenters. The summed E-state index contributed by atoms with van der Waals surface area (Å²) >= 11 is 0. The van der Waals surface area contributed by atoms with Crippen LogP contribution in [-0.2, 0) is 0 Å². The first-order chi connectivity index (χ1) is 10.2. The number of hydrogen-bond acceptors (Lipinski definition) is 4. The summed E-state index contributed by atoms with van der Waals surface area (Å²) in [6.07, 6.45) is 5.52. The Balaban J connectivity index is 1.97. The highest BCUT2D eigenvalue weighted by molar-refractivity contribution is 5.51. The van der Waals surface area contributed by atoms with E-state index in [1.807, 2.05) is 18.2 Å². The first-order valence-corrected chi connectivity index (χ1v) is 7.21. The highest BCUT2D eigenvalue weighted by Gasteiger charge is 2.31. The van der Waals surface area contributed by atoms with E-state index in [1.54, 1.807) is 4.68 Å². The standard InChI is InChI=1S/C15H18N4O2/c16-15-14(19(20)21)10-17-18(15)13-9-5-4-8-12(13)11-6-2-1-3-7-11/h1-3,6-7,10,12-13H,4-5,8-9,16H2. The molecule has 0 saturated heterocycles. The van der Waals surface area contributed by atoms with Crippen LogP contribution in [0.15, 0.2) is 36.5 Å². The van der Waals surface area contributed by atoms with Crippen LogP contribution < -0.4 is 5.73 Å². The quantitative estimate of drug-likeness (QED) is 0.693. The maximum Gasteiger partial charge on any atom is 0.330 e. The van der Waals surface area contributed by atoms with Gasteiger partial charge >= 0.3 is 5.69 Å². The van der Waals surface area contributed by atoms with Gasteiger partial charge in [0.15, 0.2) is 0 Å². The molecule has 0 radical (unpaired) electrons. The minimum absolute atomic E-state index is 0.0925. The van der Waals surface area contributed by atoms with Crippen LogP contribution >= 0.6 is 0 Å². The van der Waals surface area contributed by atoms with E-state index in [1.165, 1.54) is 18.2 Å². The number of aromatic nitrogens is 2. The van der Waals surface area contributed by atoms with Gasteiger partial charge in [-0.3, -0.25) is 10.1 Å². The highest BCUT2D eigenvalue weighted by Crippen LogP contribution is 2.42. The smallest absolute Gasteiger partial charge is 0.330 e. The first-order valence-electron chi connectivity index (χ1n) is 7.21. The molecule has 3 rings (SSSR count). The maximum atomic E-state index is 10.9. The molecule has 6 heteroatoms. The predicted octanol–water partition coefficient (Wildman–Crippen LogP) is 3.27. The number of rotatable bonds is 3. The first kappa shape index (κ1) is 13.6. The zero-order valence-corrected chi connectivity index (χ0v) is 11.7. The van der Waals surface area contributed by atoms with Gasteiger partial charge < -0.3 is 5.73 Å². The van der Waals surface area contributed by atoms with Gasteiger partial charge in [-0.1, -0.05) is 43.2 Å². The molecule has 1 aliphatic carbocycles. The summed E-state index contributed by atoms with van der Waals surface area (Å²) < 4.78 is 1.65. The number of hydrogen-bond donors (Lipinski definition) is 1. The molecule has 1 aromatic carbocycles. The van der Waals surface area contributed by atoms with Crippen LogP contribution in [0, 0.1) is 10.1 Å². The number of nitro groups is 1. The molecule has 1 aromatic heterocycles. The molecular formula is C15H18N4O2. The SMILES string of the molecule is Nc1c([N+](=O)[O-])cnn1C1CCCCC1c1ccccc1. The van der Waals surface area contributed by atoms with Gasteiger partial charge in [-0.05, 0) is 18.4 Å². The van der Waals surface area contributed by atoms with Crippen LogP contribution in [0.25, 0.3) is 0 Å². The monoisotopic (exact) mass is 286 g/mol. The van der Waals surface area contributed by atoms with Gasteiger partial charge in [0.25, 0.3) is 0 Å². The highest BCUT2D eigenvalue weighted by atomic mass is 16.6. The topological polar surface area (TPSA) is 87.0 Å². The Labute approximate surface area is 122 Å². The van der Waals surface area contributed by atoms with Crippen molar-refractivity contribution in [2.24, 2.45) is 0 Å². The van der Waals surface area contributed by atoms with Crippen LogP contribution in [0.5, 0.6) is 0 Å². The Kier molecular flexibility index (Phi) is 3.60. The van der Waals surface area contributed by atoms with Gasteiger partial charge in [0.2, 0.25) is 5.82 Å². The van der Waals surface area contributed by atoms with E-state index in [-0.39, 0.29) is 17.5 Å². The van der Waals surface area contributed by atoms with Gasteiger partial charge in [0.1, 0.15) is 6.20 Å². The maximum absolute atomic E-state index is 10.9. The van der Waals surface area contributed by atoms with E-state index in [4.69, 9.17) is 5.73 Å². The summed E-state index contributed by atoms with van der Waals surface area (Å²) in [5.41, 5.74) is 7.08. The number of nitrogens with two attached hydrogens (primary N) is 1. The van der Waals surface area contributed by atoms with E-state index in [0.717, 1.165) is 19.3 Å². The Morgan fingerprint density at radius 3 is 2.62 bits per heavy atom. The molecule has 110 valence electrons. The molecular weight excluding hydrogens is 268 g/mol. The number of nitrogen functional groups attached to an aromatic ring is 1. The van der Waals surface area contributed by atoms with Gasteiger partial charge in [0, 0.05) is 5.92 Å². The van der Waals surface area contributed by atoms with E-state index >= 15 is 0 Å². The molecule has 0 bridgehead atoms. The third-order valence-corrected chi connectivity index (χ3v) is 4.28. The second-order valence-electron chi connectivity index (χ2n) is 5.49. The minimum Gasteiger partial charge on any atom is -0.378 e. The van der Waals surface area contributed by atoms with E-state index in [9.17, 15) is 10.1 Å². The molecule has 2 atom stereocenters. The van der Waals surface area contributed by atoms with Crippen molar-refractivity contribution in [3.8, 4) is 0 Å². The van der Waals surface area contributed by atoms with Crippen molar-refractivity contribution in [3.05, 3.63) is 52.2 Å². The van der Waals surface area contributed by atoms with Gasteiger partial charge in [-0.15, -0.1) is 0 Å². The summed E-state index contributed by atoms with van der Waals surface area (Å²) in [5, 5.41) is 15.1. The summed E-state index contributed by atoms with van der Waals surface area (Å²) in [6.45, 7) is 0. The van der Waals surface area contributed by atoms with Crippen molar-refractivity contribution >= 4 is 11.5 Å². The predicted molar refractivity (Wildman–Crippen MR) is 80.0 cm³/mol. The second kappa shape index (κ2) is 5.55. The van der Waals surface area contributed by atoms with Crippen molar-refractivity contribution in [1.82, 2.24) is 9.78 Å². The Morgan fingerprint density at radius 1 is 1.24 bits per heavy atom. The number of nitrogens with zero attached hydrogens (tertiary/aromatic N) is 3. The summed E-state index contributed by atoms with van der Waals surface area (Å²) in [7, 11) is 0. The van der Waals surface area contributed by atoms with Gasteiger partial charge in [-0.25, -0.2) is 4.68 Å². The third kappa shape index (κ3) is 2.49. The van der Waals surface area contributed by atoms with E-state index < -0.39 is 4.92 Å². The zero-order valence-electron chi connectivity index (χ0n) is 11.7. The summed E-state index contributed by atoms with van der Waals surface area (Å²) in [5.74, 6) is 0.467. The fourth-order valence-corrected chi connectivity index (χ4v) is 3.26. The summed E-state index contributed by atoms with van der Waals surface area (Å²) in [6, 6.07) is 10.4.